The minimum Gasteiger partial charge on any atom is -0.489 e. The number of benzene rings is 2. The van der Waals surface area contributed by atoms with Gasteiger partial charge in [0.1, 0.15) is 12.4 Å². The number of ether oxygens (including phenoxy) is 1. The van der Waals surface area contributed by atoms with Gasteiger partial charge in [0.25, 0.3) is 0 Å². The van der Waals surface area contributed by atoms with Crippen molar-refractivity contribution in [2.45, 2.75) is 13.0 Å². The monoisotopic (exact) mass is 480 g/mol. The van der Waals surface area contributed by atoms with Crippen LogP contribution in [-0.4, -0.2) is 32.7 Å². The molecule has 0 heterocycles. The highest BCUT2D eigenvalue weighted by Crippen LogP contribution is 2.17. The first-order valence-electron chi connectivity index (χ1n) is 8.88. The van der Waals surface area contributed by atoms with Gasteiger partial charge in [-0.25, -0.2) is 0 Å². The van der Waals surface area contributed by atoms with Gasteiger partial charge in [0, 0.05) is 37.9 Å². The molecule has 0 radical (unpaired) electrons. The number of nitrogens with one attached hydrogen (secondary N) is 3. The highest BCUT2D eigenvalue weighted by atomic mass is 127. The summed E-state index contributed by atoms with van der Waals surface area (Å²) in [5.74, 6) is 1.64. The number of halogens is 1. The van der Waals surface area contributed by atoms with Crippen LogP contribution in [-0.2, 0) is 6.54 Å². The zero-order chi connectivity index (χ0) is 18.5. The second-order valence-electron chi connectivity index (χ2n) is 5.71. The average Bonchev–Trinajstić information content (AvgIpc) is 2.70. The molecule has 0 amide bonds. The van der Waals surface area contributed by atoms with Crippen molar-refractivity contribution in [1.29, 1.82) is 0 Å². The molecule has 0 saturated carbocycles. The lowest BCUT2D eigenvalue weighted by Crippen LogP contribution is -2.37. The molecule has 0 spiro atoms. The van der Waals surface area contributed by atoms with Crippen LogP contribution in [0, 0.1) is 0 Å². The van der Waals surface area contributed by atoms with E-state index in [-0.39, 0.29) is 24.0 Å². The third kappa shape index (κ3) is 8.81. The standard InChI is InChI=1S/C21H28N4O.HI/c1-3-16-26-20-13-8-7-10-18(20)17-25-21(22-2)24-15-9-14-23-19-11-5-4-6-12-19;/h3-8,10-13,23H,1,9,14-17H2,2H3,(H2,22,24,25);1H. The first kappa shape index (κ1) is 22.8. The zero-order valence-electron chi connectivity index (χ0n) is 15.8. The number of nitrogens with zero attached hydrogens (tertiary/aromatic N) is 1. The maximum Gasteiger partial charge on any atom is 0.191 e. The molecule has 6 heteroatoms. The van der Waals surface area contributed by atoms with E-state index in [4.69, 9.17) is 4.74 Å². The molecule has 2 aromatic carbocycles. The topological polar surface area (TPSA) is 57.7 Å². The molecule has 0 aliphatic heterocycles. The van der Waals surface area contributed by atoms with E-state index in [1.54, 1.807) is 13.1 Å². The Kier molecular flexibility index (Phi) is 11.8. The van der Waals surface area contributed by atoms with Crippen LogP contribution in [0.25, 0.3) is 0 Å². The molecule has 5 nitrogen and oxygen atoms in total. The van der Waals surface area contributed by atoms with Crippen LogP contribution < -0.4 is 20.7 Å². The highest BCUT2D eigenvalue weighted by Gasteiger charge is 2.04. The van der Waals surface area contributed by atoms with Crippen LogP contribution in [0.2, 0.25) is 0 Å². The number of aliphatic imine (C=N–C) groups is 1. The summed E-state index contributed by atoms with van der Waals surface area (Å²) in [6.07, 6.45) is 2.74. The maximum atomic E-state index is 5.68. The maximum absolute atomic E-state index is 5.68. The van der Waals surface area contributed by atoms with Gasteiger partial charge in [-0.1, -0.05) is 49.1 Å². The van der Waals surface area contributed by atoms with Crippen LogP contribution in [0.1, 0.15) is 12.0 Å². The van der Waals surface area contributed by atoms with Gasteiger partial charge in [0.05, 0.1) is 0 Å². The number of rotatable bonds is 10. The largest absolute Gasteiger partial charge is 0.489 e. The van der Waals surface area contributed by atoms with E-state index in [1.807, 2.05) is 42.5 Å². The molecule has 2 rings (SSSR count). The fourth-order valence-corrected chi connectivity index (χ4v) is 2.42. The molecule has 27 heavy (non-hydrogen) atoms. The second kappa shape index (κ2) is 13.9. The van der Waals surface area contributed by atoms with Crippen LogP contribution in [0.4, 0.5) is 5.69 Å². The summed E-state index contributed by atoms with van der Waals surface area (Å²) in [5.41, 5.74) is 2.23. The smallest absolute Gasteiger partial charge is 0.191 e. The molecular formula is C21H29IN4O. The normalized spacial score (nSPS) is 10.5. The van der Waals surface area contributed by atoms with Crippen LogP contribution in [0.15, 0.2) is 72.2 Å². The van der Waals surface area contributed by atoms with Gasteiger partial charge in [-0.3, -0.25) is 4.99 Å². The van der Waals surface area contributed by atoms with Crippen molar-refractivity contribution < 1.29 is 4.74 Å². The quantitative estimate of drug-likeness (QED) is 0.158. The summed E-state index contributed by atoms with van der Waals surface area (Å²) in [4.78, 5) is 4.27. The Bertz CT molecular complexity index is 692. The molecule has 3 N–H and O–H groups in total. The van der Waals surface area contributed by atoms with Crippen molar-refractivity contribution in [2.24, 2.45) is 4.99 Å². The van der Waals surface area contributed by atoms with E-state index in [0.29, 0.717) is 13.2 Å². The van der Waals surface area contributed by atoms with E-state index in [0.717, 1.165) is 42.5 Å². The van der Waals surface area contributed by atoms with Gasteiger partial charge in [-0.05, 0) is 24.6 Å². The first-order valence-corrected chi connectivity index (χ1v) is 8.88. The average molecular weight is 480 g/mol. The van der Waals surface area contributed by atoms with Crippen molar-refractivity contribution >= 4 is 35.6 Å². The minimum atomic E-state index is 0. The Morgan fingerprint density at radius 1 is 1.04 bits per heavy atom. The van der Waals surface area contributed by atoms with Crippen molar-refractivity contribution in [3.63, 3.8) is 0 Å². The van der Waals surface area contributed by atoms with E-state index in [9.17, 15) is 0 Å². The molecule has 2 aromatic rings. The summed E-state index contributed by atoms with van der Waals surface area (Å²) in [5, 5.41) is 10.1. The lowest BCUT2D eigenvalue weighted by atomic mass is 10.2. The van der Waals surface area contributed by atoms with Gasteiger partial charge in [0.2, 0.25) is 0 Å². The van der Waals surface area contributed by atoms with E-state index in [2.05, 4.69) is 39.7 Å². The van der Waals surface area contributed by atoms with Gasteiger partial charge < -0.3 is 20.7 Å². The van der Waals surface area contributed by atoms with Crippen LogP contribution in [0.5, 0.6) is 5.75 Å². The fourth-order valence-electron chi connectivity index (χ4n) is 2.42. The summed E-state index contributed by atoms with van der Waals surface area (Å²) in [6.45, 7) is 6.58. The second-order valence-corrected chi connectivity index (χ2v) is 5.71. The predicted octanol–water partition coefficient (Wildman–Crippen LogP) is 4.04. The molecule has 0 saturated heterocycles. The van der Waals surface area contributed by atoms with E-state index < -0.39 is 0 Å². The van der Waals surface area contributed by atoms with Crippen molar-refractivity contribution in [2.75, 3.05) is 32.1 Å². The third-order valence-corrected chi connectivity index (χ3v) is 3.75. The van der Waals surface area contributed by atoms with Gasteiger partial charge in [0.15, 0.2) is 5.96 Å². The highest BCUT2D eigenvalue weighted by molar-refractivity contribution is 14.0. The third-order valence-electron chi connectivity index (χ3n) is 3.75. The molecule has 0 aromatic heterocycles. The summed E-state index contributed by atoms with van der Waals surface area (Å²) >= 11 is 0. The lowest BCUT2D eigenvalue weighted by molar-refractivity contribution is 0.358. The van der Waals surface area contributed by atoms with E-state index in [1.165, 1.54) is 0 Å². The molecule has 0 unspecified atom stereocenters. The summed E-state index contributed by atoms with van der Waals surface area (Å²) < 4.78 is 5.68. The Hall–Kier alpha value is -2.22. The number of anilines is 1. The molecule has 0 atom stereocenters. The number of para-hydroxylation sites is 2. The molecule has 0 aliphatic rings. The Labute approximate surface area is 179 Å². The fraction of sp³-hybridized carbons (Fsp3) is 0.286. The molecule has 146 valence electrons. The minimum absolute atomic E-state index is 0. The number of hydrogen-bond donors (Lipinski definition) is 3. The Morgan fingerprint density at radius 3 is 2.52 bits per heavy atom. The number of guanidine groups is 1. The van der Waals surface area contributed by atoms with Gasteiger partial charge in [-0.15, -0.1) is 24.0 Å². The van der Waals surface area contributed by atoms with Crippen LogP contribution in [0.3, 0.4) is 0 Å². The molecule has 0 aliphatic carbocycles. The summed E-state index contributed by atoms with van der Waals surface area (Å²) in [6, 6.07) is 18.2. The number of hydrogen-bond acceptors (Lipinski definition) is 3. The summed E-state index contributed by atoms with van der Waals surface area (Å²) in [7, 11) is 1.78. The SMILES string of the molecule is C=CCOc1ccccc1CNC(=NC)NCCCNc1ccccc1.I. The van der Waals surface area contributed by atoms with Crippen molar-refractivity contribution in [3.8, 4) is 5.75 Å². The van der Waals surface area contributed by atoms with Crippen LogP contribution >= 0.6 is 24.0 Å². The predicted molar refractivity (Wildman–Crippen MR) is 125 cm³/mol. The van der Waals surface area contributed by atoms with Crippen molar-refractivity contribution in [3.05, 3.63) is 72.8 Å². The Morgan fingerprint density at radius 2 is 1.78 bits per heavy atom. The van der Waals surface area contributed by atoms with Gasteiger partial charge in [-0.2, -0.15) is 0 Å². The lowest BCUT2D eigenvalue weighted by Gasteiger charge is -2.14. The molecule has 0 fully saturated rings. The molecular weight excluding hydrogens is 451 g/mol. The van der Waals surface area contributed by atoms with E-state index >= 15 is 0 Å². The zero-order valence-corrected chi connectivity index (χ0v) is 18.1. The Balaban J connectivity index is 0.00000364. The first-order chi connectivity index (χ1) is 12.8. The molecule has 0 bridgehead atoms. The van der Waals surface area contributed by atoms with Crippen molar-refractivity contribution in [1.82, 2.24) is 10.6 Å². The van der Waals surface area contributed by atoms with Gasteiger partial charge >= 0.3 is 0 Å².